The molecular formula is C17H18N4O2. The van der Waals surface area contributed by atoms with E-state index in [2.05, 4.69) is 16.9 Å². The van der Waals surface area contributed by atoms with Crippen LogP contribution in [-0.4, -0.2) is 40.0 Å². The number of hydrogen-bond acceptors (Lipinski definition) is 4. The van der Waals surface area contributed by atoms with Gasteiger partial charge < -0.3 is 14.6 Å². The lowest BCUT2D eigenvalue weighted by molar-refractivity contribution is 0.310. The first-order valence-electron chi connectivity index (χ1n) is 7.62. The number of rotatable bonds is 2. The van der Waals surface area contributed by atoms with E-state index < -0.39 is 0 Å². The third-order valence-corrected chi connectivity index (χ3v) is 4.37. The van der Waals surface area contributed by atoms with Gasteiger partial charge in [0.25, 0.3) is 0 Å². The van der Waals surface area contributed by atoms with Gasteiger partial charge in [-0.25, -0.2) is 9.78 Å². The molecule has 0 saturated carbocycles. The quantitative estimate of drug-likeness (QED) is 0.782. The molecule has 3 aromatic rings. The number of fused-ring (bicyclic) bond motifs is 3. The van der Waals surface area contributed by atoms with E-state index in [0.717, 1.165) is 53.4 Å². The fourth-order valence-corrected chi connectivity index (χ4v) is 3.08. The van der Waals surface area contributed by atoms with E-state index in [4.69, 9.17) is 9.72 Å². The Labute approximate surface area is 133 Å². The minimum atomic E-state index is -0.129. The van der Waals surface area contributed by atoms with E-state index in [1.54, 1.807) is 17.7 Å². The van der Waals surface area contributed by atoms with Crippen molar-refractivity contribution in [2.45, 2.75) is 13.0 Å². The molecule has 0 bridgehead atoms. The van der Waals surface area contributed by atoms with Gasteiger partial charge in [0.05, 0.1) is 12.8 Å². The van der Waals surface area contributed by atoms with E-state index in [1.165, 1.54) is 0 Å². The summed E-state index contributed by atoms with van der Waals surface area (Å²) >= 11 is 0. The molecule has 23 heavy (non-hydrogen) atoms. The lowest BCUT2D eigenvalue weighted by Gasteiger charge is -2.24. The van der Waals surface area contributed by atoms with E-state index >= 15 is 0 Å². The van der Waals surface area contributed by atoms with Gasteiger partial charge >= 0.3 is 5.69 Å². The summed E-state index contributed by atoms with van der Waals surface area (Å²) in [5.41, 5.74) is 4.49. The highest BCUT2D eigenvalue weighted by Crippen LogP contribution is 2.25. The molecule has 1 N–H and O–H groups in total. The topological polar surface area (TPSA) is 62.6 Å². The predicted octanol–water partition coefficient (Wildman–Crippen LogP) is 1.69. The first-order chi connectivity index (χ1) is 11.2. The molecule has 0 amide bonds. The molecule has 0 fully saturated rings. The Kier molecular flexibility index (Phi) is 3.20. The van der Waals surface area contributed by atoms with Gasteiger partial charge in [0, 0.05) is 42.5 Å². The molecule has 0 atom stereocenters. The van der Waals surface area contributed by atoms with E-state index in [9.17, 15) is 4.79 Å². The van der Waals surface area contributed by atoms with Crippen molar-refractivity contribution in [3.8, 4) is 17.0 Å². The van der Waals surface area contributed by atoms with Crippen LogP contribution in [0.2, 0.25) is 0 Å². The molecule has 118 valence electrons. The average molecular weight is 310 g/mol. The van der Waals surface area contributed by atoms with Crippen LogP contribution in [0.5, 0.6) is 5.75 Å². The number of H-pyrrole nitrogens is 1. The van der Waals surface area contributed by atoms with Gasteiger partial charge in [-0.2, -0.15) is 0 Å². The largest absolute Gasteiger partial charge is 0.497 e. The number of nitrogens with one attached hydrogen (secondary N) is 1. The minimum Gasteiger partial charge on any atom is -0.497 e. The number of likely N-dealkylation sites (N-methyl/N-ethyl adjacent to an activating group) is 1. The van der Waals surface area contributed by atoms with Gasteiger partial charge in [0.2, 0.25) is 0 Å². The van der Waals surface area contributed by atoms with E-state index in [0.29, 0.717) is 0 Å². The Morgan fingerprint density at radius 2 is 2.04 bits per heavy atom. The third-order valence-electron chi connectivity index (χ3n) is 4.37. The van der Waals surface area contributed by atoms with Crippen LogP contribution in [0.4, 0.5) is 0 Å². The van der Waals surface area contributed by atoms with Gasteiger partial charge in [0.1, 0.15) is 11.4 Å². The first-order valence-corrected chi connectivity index (χ1v) is 7.62. The van der Waals surface area contributed by atoms with Gasteiger partial charge in [0.15, 0.2) is 0 Å². The fourth-order valence-electron chi connectivity index (χ4n) is 3.08. The summed E-state index contributed by atoms with van der Waals surface area (Å²) in [6.45, 7) is 1.75. The second-order valence-electron chi connectivity index (χ2n) is 5.92. The normalized spacial score (nSPS) is 14.9. The molecule has 1 aliphatic heterocycles. The Hall–Kier alpha value is -2.60. The van der Waals surface area contributed by atoms with Crippen molar-refractivity contribution in [2.75, 3.05) is 20.7 Å². The number of methoxy groups -OCH3 is 1. The minimum absolute atomic E-state index is 0.129. The molecule has 0 aliphatic carbocycles. The number of imidazole rings is 1. The Morgan fingerprint density at radius 1 is 1.26 bits per heavy atom. The van der Waals surface area contributed by atoms with Crippen LogP contribution in [-0.2, 0) is 13.0 Å². The maximum Gasteiger partial charge on any atom is 0.331 e. The monoisotopic (exact) mass is 310 g/mol. The maximum absolute atomic E-state index is 12.3. The molecule has 6 heteroatoms. The molecule has 0 spiro atoms. The molecule has 6 nitrogen and oxygen atoms in total. The number of aromatic nitrogens is 3. The van der Waals surface area contributed by atoms with Crippen LogP contribution in [0, 0.1) is 0 Å². The molecule has 0 unspecified atom stereocenters. The molecule has 4 rings (SSSR count). The van der Waals surface area contributed by atoms with Crippen LogP contribution in [0.3, 0.4) is 0 Å². The predicted molar refractivity (Wildman–Crippen MR) is 87.8 cm³/mol. The second-order valence-corrected chi connectivity index (χ2v) is 5.92. The Balaban J connectivity index is 1.88. The van der Waals surface area contributed by atoms with Gasteiger partial charge in [-0.3, -0.25) is 4.40 Å². The summed E-state index contributed by atoms with van der Waals surface area (Å²) in [5.74, 6) is 0.800. The number of nitrogens with zero attached hydrogens (tertiary/aromatic N) is 3. The van der Waals surface area contributed by atoms with Crippen molar-refractivity contribution < 1.29 is 4.74 Å². The van der Waals surface area contributed by atoms with Crippen molar-refractivity contribution in [2.24, 2.45) is 0 Å². The van der Waals surface area contributed by atoms with Crippen LogP contribution in [0.25, 0.3) is 16.9 Å². The summed E-state index contributed by atoms with van der Waals surface area (Å²) < 4.78 is 6.79. The zero-order chi connectivity index (χ0) is 16.0. The molecule has 1 aliphatic rings. The Bertz CT molecular complexity index is 924. The van der Waals surface area contributed by atoms with Crippen molar-refractivity contribution in [3.63, 3.8) is 0 Å². The third kappa shape index (κ3) is 2.31. The highest BCUT2D eigenvalue weighted by Gasteiger charge is 2.20. The summed E-state index contributed by atoms with van der Waals surface area (Å²) in [5, 5.41) is 0. The summed E-state index contributed by atoms with van der Waals surface area (Å²) in [7, 11) is 3.72. The lowest BCUT2D eigenvalue weighted by atomic mass is 10.1. The molecular weight excluding hydrogens is 292 g/mol. The van der Waals surface area contributed by atoms with Gasteiger partial charge in [-0.15, -0.1) is 0 Å². The summed E-state index contributed by atoms with van der Waals surface area (Å²) in [4.78, 5) is 22.3. The number of hydrogen-bond donors (Lipinski definition) is 1. The lowest BCUT2D eigenvalue weighted by Crippen LogP contribution is -2.31. The number of benzene rings is 1. The average Bonchev–Trinajstić information content (AvgIpc) is 3.02. The molecule has 1 aromatic carbocycles. The fraction of sp³-hybridized carbons (Fsp3) is 0.294. The SMILES string of the molecule is COc1ccc(-c2cn3c(=O)[nH]c4c(c3n2)CN(C)CC4)cc1. The number of ether oxygens (including phenoxy) is 1. The molecule has 3 heterocycles. The van der Waals surface area contributed by atoms with Gasteiger partial charge in [-0.05, 0) is 31.3 Å². The summed E-state index contributed by atoms with van der Waals surface area (Å²) in [6, 6.07) is 7.69. The zero-order valence-corrected chi connectivity index (χ0v) is 13.2. The maximum atomic E-state index is 12.3. The smallest absolute Gasteiger partial charge is 0.331 e. The van der Waals surface area contributed by atoms with Crippen molar-refractivity contribution in [1.29, 1.82) is 0 Å². The van der Waals surface area contributed by atoms with E-state index in [1.807, 2.05) is 24.3 Å². The van der Waals surface area contributed by atoms with E-state index in [-0.39, 0.29) is 5.69 Å². The van der Waals surface area contributed by atoms with Crippen LogP contribution in [0.15, 0.2) is 35.3 Å². The second kappa shape index (κ2) is 5.24. The van der Waals surface area contributed by atoms with Crippen molar-refractivity contribution in [1.82, 2.24) is 19.3 Å². The highest BCUT2D eigenvalue weighted by atomic mass is 16.5. The first kappa shape index (κ1) is 14.0. The molecule has 0 radical (unpaired) electrons. The molecule has 2 aromatic heterocycles. The van der Waals surface area contributed by atoms with Crippen LogP contribution >= 0.6 is 0 Å². The van der Waals surface area contributed by atoms with Crippen molar-refractivity contribution >= 4 is 5.65 Å². The zero-order valence-electron chi connectivity index (χ0n) is 13.2. The van der Waals surface area contributed by atoms with Gasteiger partial charge in [-0.1, -0.05) is 0 Å². The van der Waals surface area contributed by atoms with Crippen molar-refractivity contribution in [3.05, 3.63) is 52.2 Å². The summed E-state index contributed by atoms with van der Waals surface area (Å²) in [6.07, 6.45) is 2.65. The Morgan fingerprint density at radius 3 is 2.78 bits per heavy atom. The number of aromatic amines is 1. The highest BCUT2D eigenvalue weighted by molar-refractivity contribution is 5.65. The molecule has 0 saturated heterocycles. The van der Waals surface area contributed by atoms with Crippen LogP contribution in [0.1, 0.15) is 11.3 Å². The standard InChI is InChI=1S/C17H18N4O2/c1-20-8-7-14-13(9-20)16-18-15(10-21(16)17(22)19-14)11-3-5-12(23-2)6-4-11/h3-6,10H,7-9H2,1-2H3,(H,19,22). The van der Waals surface area contributed by atoms with Crippen LogP contribution < -0.4 is 10.4 Å².